The zero-order valence-electron chi connectivity index (χ0n) is 16.1. The molecule has 5 N–H and O–H groups in total. The molecule has 148 valence electrons. The van der Waals surface area contributed by atoms with Crippen molar-refractivity contribution in [2.75, 3.05) is 22.9 Å². The van der Waals surface area contributed by atoms with Gasteiger partial charge in [0.15, 0.2) is 5.82 Å². The third-order valence-electron chi connectivity index (χ3n) is 4.33. The summed E-state index contributed by atoms with van der Waals surface area (Å²) in [6.45, 7) is 1.48. The van der Waals surface area contributed by atoms with Crippen LogP contribution < -0.4 is 27.1 Å². The van der Waals surface area contributed by atoms with E-state index in [1.165, 1.54) is 30.1 Å². The summed E-state index contributed by atoms with van der Waals surface area (Å²) in [7, 11) is 2.00. The smallest absolute Gasteiger partial charge is 0.324 e. The number of urea groups is 1. The molecule has 2 amide bonds. The summed E-state index contributed by atoms with van der Waals surface area (Å²) >= 11 is 0. The quantitative estimate of drug-likeness (QED) is 0.360. The highest BCUT2D eigenvalue weighted by Crippen LogP contribution is 2.09. The minimum Gasteiger partial charge on any atom is -0.382 e. The van der Waals surface area contributed by atoms with E-state index < -0.39 is 6.03 Å². The summed E-state index contributed by atoms with van der Waals surface area (Å²) in [5, 5.41) is 8.72. The zero-order valence-corrected chi connectivity index (χ0v) is 16.1. The van der Waals surface area contributed by atoms with E-state index >= 15 is 0 Å². The van der Waals surface area contributed by atoms with E-state index in [9.17, 15) is 9.18 Å². The van der Waals surface area contributed by atoms with Gasteiger partial charge in [-0.05, 0) is 42.8 Å². The largest absolute Gasteiger partial charge is 0.382 e. The minimum absolute atomic E-state index is 0.229. The lowest BCUT2D eigenvalue weighted by atomic mass is 9.88. The standard InChI is InChI=1S/C20H22BFN6O/c21-17-9-16(27-20(29)28-19-12-25-18(23)11-26-19)6-3-14(17)7-8-24-10-13-1-4-15(22)5-2-13/h1-6,9,11-12,24H,7-8,10,21H2,(H2,23,25)(H2,26,27,28,29). The van der Waals surface area contributed by atoms with Gasteiger partial charge >= 0.3 is 6.03 Å². The number of aromatic nitrogens is 2. The van der Waals surface area contributed by atoms with Crippen molar-refractivity contribution in [3.63, 3.8) is 0 Å². The fourth-order valence-corrected chi connectivity index (χ4v) is 2.79. The Hall–Kier alpha value is -3.46. The van der Waals surface area contributed by atoms with Gasteiger partial charge in [0.1, 0.15) is 19.5 Å². The first kappa shape index (κ1) is 20.3. The Morgan fingerprint density at radius 3 is 2.55 bits per heavy atom. The van der Waals surface area contributed by atoms with Crippen LogP contribution in [0.4, 0.5) is 26.5 Å². The molecule has 7 nitrogen and oxygen atoms in total. The number of benzene rings is 2. The van der Waals surface area contributed by atoms with Gasteiger partial charge in [-0.3, -0.25) is 5.32 Å². The van der Waals surface area contributed by atoms with Crippen LogP contribution in [0.3, 0.4) is 0 Å². The van der Waals surface area contributed by atoms with E-state index in [0.29, 0.717) is 18.1 Å². The molecule has 0 saturated heterocycles. The Balaban J connectivity index is 1.47. The highest BCUT2D eigenvalue weighted by atomic mass is 19.1. The third-order valence-corrected chi connectivity index (χ3v) is 4.33. The fourth-order valence-electron chi connectivity index (χ4n) is 2.79. The molecule has 0 spiro atoms. The van der Waals surface area contributed by atoms with Crippen LogP contribution in [0.15, 0.2) is 54.9 Å². The number of hydrogen-bond acceptors (Lipinski definition) is 5. The monoisotopic (exact) mass is 392 g/mol. The molecule has 0 atom stereocenters. The van der Waals surface area contributed by atoms with E-state index in [2.05, 4.69) is 25.9 Å². The fraction of sp³-hybridized carbons (Fsp3) is 0.150. The Morgan fingerprint density at radius 2 is 1.86 bits per heavy atom. The van der Waals surface area contributed by atoms with Gasteiger partial charge in [-0.15, -0.1) is 0 Å². The minimum atomic E-state index is -0.405. The predicted molar refractivity (Wildman–Crippen MR) is 116 cm³/mol. The predicted octanol–water partition coefficient (Wildman–Crippen LogP) is 1.43. The van der Waals surface area contributed by atoms with Gasteiger partial charge in [0.05, 0.1) is 12.4 Å². The van der Waals surface area contributed by atoms with Crippen LogP contribution in [0.2, 0.25) is 0 Å². The van der Waals surface area contributed by atoms with Gasteiger partial charge < -0.3 is 16.4 Å². The number of nitrogen functional groups attached to an aromatic ring is 1. The molecule has 0 unspecified atom stereocenters. The molecule has 3 rings (SSSR count). The van der Waals surface area contributed by atoms with Crippen molar-refractivity contribution in [1.82, 2.24) is 15.3 Å². The summed E-state index contributed by atoms with van der Waals surface area (Å²) in [5.41, 5.74) is 9.47. The molecule has 0 saturated carbocycles. The van der Waals surface area contributed by atoms with Gasteiger partial charge in [-0.2, -0.15) is 0 Å². The van der Waals surface area contributed by atoms with Crippen molar-refractivity contribution in [1.29, 1.82) is 0 Å². The van der Waals surface area contributed by atoms with Crippen molar-refractivity contribution < 1.29 is 9.18 Å². The summed E-state index contributed by atoms with van der Waals surface area (Å²) < 4.78 is 12.9. The molecule has 0 radical (unpaired) electrons. The molecule has 0 aliphatic heterocycles. The van der Waals surface area contributed by atoms with Gasteiger partial charge in [0.2, 0.25) is 0 Å². The molecular weight excluding hydrogens is 370 g/mol. The number of anilines is 3. The second kappa shape index (κ2) is 9.65. The first-order valence-electron chi connectivity index (χ1n) is 9.20. The summed E-state index contributed by atoms with van der Waals surface area (Å²) in [4.78, 5) is 19.9. The van der Waals surface area contributed by atoms with Gasteiger partial charge in [0.25, 0.3) is 0 Å². The Morgan fingerprint density at radius 1 is 1.07 bits per heavy atom. The van der Waals surface area contributed by atoms with Crippen LogP contribution in [0.5, 0.6) is 0 Å². The second-order valence-electron chi connectivity index (χ2n) is 6.60. The average molecular weight is 392 g/mol. The average Bonchev–Trinajstić information content (AvgIpc) is 2.70. The van der Waals surface area contributed by atoms with Crippen molar-refractivity contribution in [3.05, 3.63) is 71.8 Å². The Bertz CT molecular complexity index is 966. The lowest BCUT2D eigenvalue weighted by Gasteiger charge is -2.11. The van der Waals surface area contributed by atoms with Crippen LogP contribution in [0, 0.1) is 5.82 Å². The van der Waals surface area contributed by atoms with E-state index in [1.807, 2.05) is 26.0 Å². The molecule has 1 heterocycles. The number of amides is 2. The molecule has 9 heteroatoms. The zero-order chi connectivity index (χ0) is 20.6. The van der Waals surface area contributed by atoms with Crippen LogP contribution in [-0.4, -0.2) is 30.4 Å². The van der Waals surface area contributed by atoms with Gasteiger partial charge in [-0.1, -0.05) is 29.2 Å². The number of halogens is 1. The van der Waals surface area contributed by atoms with Crippen molar-refractivity contribution in [3.8, 4) is 0 Å². The molecule has 2 aromatic carbocycles. The Kier molecular flexibility index (Phi) is 6.75. The maximum atomic E-state index is 12.9. The van der Waals surface area contributed by atoms with E-state index in [-0.39, 0.29) is 11.6 Å². The topological polar surface area (TPSA) is 105 Å². The van der Waals surface area contributed by atoms with Crippen molar-refractivity contribution in [2.24, 2.45) is 0 Å². The van der Waals surface area contributed by atoms with Crippen LogP contribution in [0.25, 0.3) is 0 Å². The van der Waals surface area contributed by atoms with E-state index in [4.69, 9.17) is 5.73 Å². The molecule has 3 aromatic rings. The van der Waals surface area contributed by atoms with Crippen LogP contribution in [-0.2, 0) is 13.0 Å². The van der Waals surface area contributed by atoms with Crippen LogP contribution in [0.1, 0.15) is 11.1 Å². The van der Waals surface area contributed by atoms with Gasteiger partial charge in [-0.25, -0.2) is 19.2 Å². The van der Waals surface area contributed by atoms with Gasteiger partial charge in [0, 0.05) is 12.2 Å². The molecule has 0 aliphatic rings. The number of nitrogens with one attached hydrogen (secondary N) is 3. The Labute approximate surface area is 169 Å². The lowest BCUT2D eigenvalue weighted by molar-refractivity contribution is 0.262. The van der Waals surface area contributed by atoms with Crippen molar-refractivity contribution in [2.45, 2.75) is 13.0 Å². The first-order valence-corrected chi connectivity index (χ1v) is 9.20. The molecule has 0 bridgehead atoms. The first-order chi connectivity index (χ1) is 14.0. The molecule has 1 aromatic heterocycles. The van der Waals surface area contributed by atoms with E-state index in [1.54, 1.807) is 12.1 Å². The van der Waals surface area contributed by atoms with Crippen molar-refractivity contribution >= 4 is 36.7 Å². The number of nitrogens with two attached hydrogens (primary N) is 1. The number of hydrogen-bond donors (Lipinski definition) is 4. The molecular formula is C20H22BFN6O. The summed E-state index contributed by atoms with van der Waals surface area (Å²) in [5.74, 6) is 0.375. The third kappa shape index (κ3) is 6.29. The maximum Gasteiger partial charge on any atom is 0.324 e. The molecule has 29 heavy (non-hydrogen) atoms. The number of carbonyl (C=O) groups is 1. The molecule has 0 fully saturated rings. The SMILES string of the molecule is Bc1cc(NC(=O)Nc2cnc(N)cn2)ccc1CCNCc1ccc(F)cc1. The van der Waals surface area contributed by atoms with Crippen LogP contribution >= 0.6 is 0 Å². The highest BCUT2D eigenvalue weighted by Gasteiger charge is 2.06. The highest BCUT2D eigenvalue weighted by molar-refractivity contribution is 6.33. The summed E-state index contributed by atoms with van der Waals surface area (Å²) in [6, 6.07) is 11.8. The maximum absolute atomic E-state index is 12.9. The number of carbonyl (C=O) groups excluding carboxylic acids is 1. The number of nitrogens with zero attached hydrogens (tertiary/aromatic N) is 2. The normalized spacial score (nSPS) is 10.5. The van der Waals surface area contributed by atoms with E-state index in [0.717, 1.165) is 24.0 Å². The summed E-state index contributed by atoms with van der Waals surface area (Å²) in [6.07, 6.45) is 3.61. The second-order valence-corrected chi connectivity index (χ2v) is 6.60. The number of rotatable bonds is 7. The lowest BCUT2D eigenvalue weighted by Crippen LogP contribution is -2.23. The molecule has 0 aliphatic carbocycles.